The summed E-state index contributed by atoms with van der Waals surface area (Å²) in [5, 5.41) is 1.98. The van der Waals surface area contributed by atoms with E-state index in [1.165, 1.54) is 0 Å². The maximum atomic E-state index is 5.43. The molecule has 0 fully saturated rings. The van der Waals surface area contributed by atoms with Gasteiger partial charge in [-0.15, -0.1) is 0 Å². The predicted molar refractivity (Wildman–Crippen MR) is 55.9 cm³/mol. The van der Waals surface area contributed by atoms with E-state index in [2.05, 4.69) is 31.9 Å². The van der Waals surface area contributed by atoms with E-state index in [-0.39, 0.29) is 0 Å². The number of rotatable bonds is 4. The van der Waals surface area contributed by atoms with E-state index < -0.39 is 0 Å². The third-order valence-electron chi connectivity index (χ3n) is 1.07. The van der Waals surface area contributed by atoms with Crippen molar-refractivity contribution in [2.24, 2.45) is 0 Å². The monoisotopic (exact) mass is 298 g/mol. The third-order valence-corrected chi connectivity index (χ3v) is 3.17. The molecule has 11 heavy (non-hydrogen) atoms. The number of thiophene rings is 1. The van der Waals surface area contributed by atoms with Gasteiger partial charge in [-0.1, -0.05) is 27.3 Å². The molecule has 62 valence electrons. The Bertz CT molecular complexity index is 212. The molecular formula is C7H8Br2OS. The van der Waals surface area contributed by atoms with Gasteiger partial charge >= 0.3 is 0 Å². The summed E-state index contributed by atoms with van der Waals surface area (Å²) in [4.78, 5) is 0. The van der Waals surface area contributed by atoms with E-state index in [4.69, 9.17) is 4.74 Å². The quantitative estimate of drug-likeness (QED) is 0.609. The lowest BCUT2D eigenvalue weighted by Gasteiger charge is -1.99. The van der Waals surface area contributed by atoms with Crippen LogP contribution in [0.2, 0.25) is 0 Å². The van der Waals surface area contributed by atoms with Gasteiger partial charge in [0.1, 0.15) is 0 Å². The van der Waals surface area contributed by atoms with Gasteiger partial charge in [0.2, 0.25) is 0 Å². The Kier molecular flexibility index (Phi) is 4.48. The van der Waals surface area contributed by atoms with Crippen LogP contribution in [0.1, 0.15) is 6.42 Å². The second kappa shape index (κ2) is 5.17. The van der Waals surface area contributed by atoms with Crippen molar-refractivity contribution in [3.63, 3.8) is 0 Å². The molecular weight excluding hydrogens is 292 g/mol. The molecule has 0 N–H and O–H groups in total. The minimum Gasteiger partial charge on any atom is -0.484 e. The maximum Gasteiger partial charge on any atom is 0.174 e. The second-order valence-electron chi connectivity index (χ2n) is 1.95. The standard InChI is InChI=1S/C7H8Br2OS/c8-4-1-5-10-7-3-2-6(9)11-7/h2-3H,1,4-5H2. The summed E-state index contributed by atoms with van der Waals surface area (Å²) in [7, 11) is 0. The molecule has 0 atom stereocenters. The fourth-order valence-electron chi connectivity index (χ4n) is 0.603. The van der Waals surface area contributed by atoms with Gasteiger partial charge in [-0.3, -0.25) is 0 Å². The van der Waals surface area contributed by atoms with Crippen LogP contribution in [-0.2, 0) is 0 Å². The molecule has 1 nitrogen and oxygen atoms in total. The fraction of sp³-hybridized carbons (Fsp3) is 0.429. The van der Waals surface area contributed by atoms with E-state index in [1.54, 1.807) is 11.3 Å². The average molecular weight is 300 g/mol. The lowest BCUT2D eigenvalue weighted by Crippen LogP contribution is -1.95. The summed E-state index contributed by atoms with van der Waals surface area (Å²) >= 11 is 8.33. The number of ether oxygens (including phenoxy) is 1. The molecule has 0 aliphatic heterocycles. The van der Waals surface area contributed by atoms with Crippen LogP contribution in [0, 0.1) is 0 Å². The topological polar surface area (TPSA) is 9.23 Å². The van der Waals surface area contributed by atoms with Gasteiger partial charge in [0.25, 0.3) is 0 Å². The molecule has 1 aromatic heterocycles. The molecule has 0 aromatic carbocycles. The molecule has 0 aliphatic rings. The highest BCUT2D eigenvalue weighted by Crippen LogP contribution is 2.28. The van der Waals surface area contributed by atoms with Crippen LogP contribution in [0.15, 0.2) is 15.9 Å². The van der Waals surface area contributed by atoms with E-state index in [0.29, 0.717) is 0 Å². The van der Waals surface area contributed by atoms with Gasteiger partial charge in [-0.2, -0.15) is 0 Å². The Morgan fingerprint density at radius 3 is 2.82 bits per heavy atom. The Balaban J connectivity index is 2.27. The van der Waals surface area contributed by atoms with Gasteiger partial charge in [-0.05, 0) is 34.5 Å². The molecule has 1 aromatic rings. The van der Waals surface area contributed by atoms with Crippen molar-refractivity contribution in [2.75, 3.05) is 11.9 Å². The van der Waals surface area contributed by atoms with Crippen LogP contribution < -0.4 is 4.74 Å². The summed E-state index contributed by atoms with van der Waals surface area (Å²) in [6.07, 6.45) is 1.05. The molecule has 0 unspecified atom stereocenters. The highest BCUT2D eigenvalue weighted by atomic mass is 79.9. The Morgan fingerprint density at radius 1 is 1.45 bits per heavy atom. The summed E-state index contributed by atoms with van der Waals surface area (Å²) in [5.74, 6) is 0. The summed E-state index contributed by atoms with van der Waals surface area (Å²) < 4.78 is 6.54. The molecule has 0 aliphatic carbocycles. The average Bonchev–Trinajstić information content (AvgIpc) is 2.37. The van der Waals surface area contributed by atoms with Crippen LogP contribution in [0.25, 0.3) is 0 Å². The lowest BCUT2D eigenvalue weighted by atomic mass is 10.5. The summed E-state index contributed by atoms with van der Waals surface area (Å²) in [6, 6.07) is 3.97. The van der Waals surface area contributed by atoms with E-state index in [9.17, 15) is 0 Å². The van der Waals surface area contributed by atoms with Crippen molar-refractivity contribution in [1.29, 1.82) is 0 Å². The number of hydrogen-bond acceptors (Lipinski definition) is 2. The Hall–Kier alpha value is 0.460. The number of alkyl halides is 1. The fourth-order valence-corrected chi connectivity index (χ4v) is 2.05. The van der Waals surface area contributed by atoms with Gasteiger partial charge in [0.05, 0.1) is 10.4 Å². The molecule has 0 spiro atoms. The van der Waals surface area contributed by atoms with Gasteiger partial charge in [0, 0.05) is 5.33 Å². The van der Waals surface area contributed by atoms with Crippen molar-refractivity contribution in [1.82, 2.24) is 0 Å². The van der Waals surface area contributed by atoms with Gasteiger partial charge in [-0.25, -0.2) is 0 Å². The van der Waals surface area contributed by atoms with E-state index in [1.807, 2.05) is 12.1 Å². The zero-order valence-corrected chi connectivity index (χ0v) is 9.84. The van der Waals surface area contributed by atoms with Gasteiger partial charge in [0.15, 0.2) is 5.06 Å². The van der Waals surface area contributed by atoms with Crippen molar-refractivity contribution in [3.8, 4) is 5.06 Å². The SMILES string of the molecule is BrCCCOc1ccc(Br)s1. The molecule has 1 rings (SSSR count). The molecule has 4 heteroatoms. The van der Waals surface area contributed by atoms with E-state index in [0.717, 1.165) is 27.2 Å². The normalized spacial score (nSPS) is 10.0. The highest BCUT2D eigenvalue weighted by Gasteiger charge is 1.96. The first kappa shape index (κ1) is 9.55. The predicted octanol–water partition coefficient (Wildman–Crippen LogP) is 3.67. The Labute approximate surface area is 87.0 Å². The molecule has 0 saturated carbocycles. The minimum absolute atomic E-state index is 0.790. The van der Waals surface area contributed by atoms with E-state index >= 15 is 0 Å². The number of hydrogen-bond donors (Lipinski definition) is 0. The summed E-state index contributed by atoms with van der Waals surface area (Å²) in [5.41, 5.74) is 0. The van der Waals surface area contributed by atoms with Crippen LogP contribution in [0.4, 0.5) is 0 Å². The van der Waals surface area contributed by atoms with Crippen LogP contribution in [0.5, 0.6) is 5.06 Å². The van der Waals surface area contributed by atoms with Crippen LogP contribution in [0.3, 0.4) is 0 Å². The minimum atomic E-state index is 0.790. The first-order valence-corrected chi connectivity index (χ1v) is 6.00. The van der Waals surface area contributed by atoms with Gasteiger partial charge < -0.3 is 4.74 Å². The Morgan fingerprint density at radius 2 is 2.27 bits per heavy atom. The largest absolute Gasteiger partial charge is 0.484 e. The molecule has 0 bridgehead atoms. The highest BCUT2D eigenvalue weighted by molar-refractivity contribution is 9.11. The van der Waals surface area contributed by atoms with Crippen LogP contribution >= 0.6 is 43.2 Å². The summed E-state index contributed by atoms with van der Waals surface area (Å²) in [6.45, 7) is 0.790. The lowest BCUT2D eigenvalue weighted by molar-refractivity contribution is 0.328. The van der Waals surface area contributed by atoms with Crippen molar-refractivity contribution in [2.45, 2.75) is 6.42 Å². The zero-order chi connectivity index (χ0) is 8.10. The first-order chi connectivity index (χ1) is 5.33. The smallest absolute Gasteiger partial charge is 0.174 e. The molecule has 0 radical (unpaired) electrons. The second-order valence-corrected chi connectivity index (χ2v) is 5.17. The maximum absolute atomic E-state index is 5.43. The van der Waals surface area contributed by atoms with Crippen molar-refractivity contribution >= 4 is 43.2 Å². The third kappa shape index (κ3) is 3.58. The van der Waals surface area contributed by atoms with Crippen LogP contribution in [-0.4, -0.2) is 11.9 Å². The molecule has 0 saturated heterocycles. The number of halogens is 2. The zero-order valence-electron chi connectivity index (χ0n) is 5.85. The van der Waals surface area contributed by atoms with Crippen molar-refractivity contribution < 1.29 is 4.74 Å². The van der Waals surface area contributed by atoms with Crippen molar-refractivity contribution in [3.05, 3.63) is 15.9 Å². The molecule has 1 heterocycles. The first-order valence-electron chi connectivity index (χ1n) is 3.27. The molecule has 0 amide bonds.